The minimum absolute atomic E-state index is 0.102. The number of halogens is 1. The number of rotatable bonds is 3. The summed E-state index contributed by atoms with van der Waals surface area (Å²) in [6.07, 6.45) is 8.35. The molecule has 2 aromatic heterocycles. The first kappa shape index (κ1) is 15.8. The summed E-state index contributed by atoms with van der Waals surface area (Å²) < 4.78 is 7.95. The Labute approximate surface area is 146 Å². The van der Waals surface area contributed by atoms with Gasteiger partial charge >= 0.3 is 0 Å². The lowest BCUT2D eigenvalue weighted by Crippen LogP contribution is -2.21. The smallest absolute Gasteiger partial charge is 0.224 e. The number of hydrogen-bond donors (Lipinski definition) is 0. The average molecular weight is 348 g/mol. The largest absolute Gasteiger partial charge is 0.357 e. The van der Waals surface area contributed by atoms with Crippen molar-refractivity contribution in [3.05, 3.63) is 35.0 Å². The first-order chi connectivity index (χ1) is 11.7. The minimum atomic E-state index is 0.102. The highest BCUT2D eigenvalue weighted by Gasteiger charge is 2.29. The molecule has 0 spiro atoms. The van der Waals surface area contributed by atoms with Crippen molar-refractivity contribution < 1.29 is 4.74 Å². The molecule has 0 aromatic carbocycles. The molecule has 2 aliphatic heterocycles. The van der Waals surface area contributed by atoms with Gasteiger partial charge in [-0.3, -0.25) is 0 Å². The van der Waals surface area contributed by atoms with Gasteiger partial charge in [-0.05, 0) is 55.8 Å². The van der Waals surface area contributed by atoms with Crippen molar-refractivity contribution in [2.45, 2.75) is 44.8 Å². The fraction of sp³-hybridized carbons (Fsp3) is 0.588. The summed E-state index contributed by atoms with van der Waals surface area (Å²) >= 11 is 5.92. The predicted molar refractivity (Wildman–Crippen MR) is 92.4 cm³/mol. The van der Waals surface area contributed by atoms with E-state index in [-0.39, 0.29) is 6.23 Å². The third-order valence-corrected chi connectivity index (χ3v) is 5.26. The molecule has 6 nitrogen and oxygen atoms in total. The molecular weight excluding hydrogens is 326 g/mol. The Morgan fingerprint density at radius 3 is 3.00 bits per heavy atom. The van der Waals surface area contributed by atoms with Crippen molar-refractivity contribution in [3.63, 3.8) is 0 Å². The lowest BCUT2D eigenvalue weighted by molar-refractivity contribution is -0.0407. The van der Waals surface area contributed by atoms with E-state index in [1.54, 1.807) is 6.20 Å². The molecule has 2 aromatic rings. The van der Waals surface area contributed by atoms with Gasteiger partial charge in [0.2, 0.25) is 5.28 Å². The third-order valence-electron chi connectivity index (χ3n) is 5.07. The van der Waals surface area contributed by atoms with Gasteiger partial charge in [-0.25, -0.2) is 14.6 Å². The van der Waals surface area contributed by atoms with Gasteiger partial charge in [-0.15, -0.1) is 0 Å². The quantitative estimate of drug-likeness (QED) is 0.797. The Balaban J connectivity index is 1.50. The van der Waals surface area contributed by atoms with E-state index < -0.39 is 0 Å². The van der Waals surface area contributed by atoms with E-state index in [1.165, 1.54) is 17.7 Å². The summed E-state index contributed by atoms with van der Waals surface area (Å²) in [7, 11) is 0. The molecule has 0 aliphatic carbocycles. The molecule has 0 bridgehead atoms. The molecule has 4 rings (SSSR count). The van der Waals surface area contributed by atoms with Crippen molar-refractivity contribution in [1.29, 1.82) is 0 Å². The summed E-state index contributed by atoms with van der Waals surface area (Å²) in [5, 5.41) is 4.92. The maximum atomic E-state index is 5.92. The summed E-state index contributed by atoms with van der Waals surface area (Å²) in [4.78, 5) is 10.6. The van der Waals surface area contributed by atoms with Crippen LogP contribution in [-0.2, 0) is 4.74 Å². The SMILES string of the molecule is Cc1c(C2CCN(c3ccnc(Cl)n3)C2)cnn1C1CCCCO1. The highest BCUT2D eigenvalue weighted by Crippen LogP contribution is 2.33. The Bertz CT molecular complexity index is 713. The molecule has 0 radical (unpaired) electrons. The topological polar surface area (TPSA) is 56.1 Å². The van der Waals surface area contributed by atoms with Crippen molar-refractivity contribution in [2.75, 3.05) is 24.6 Å². The molecule has 2 unspecified atom stereocenters. The molecule has 4 heterocycles. The zero-order chi connectivity index (χ0) is 16.5. The van der Waals surface area contributed by atoms with Gasteiger partial charge in [0.25, 0.3) is 0 Å². The molecule has 0 saturated carbocycles. The monoisotopic (exact) mass is 347 g/mol. The van der Waals surface area contributed by atoms with Crippen LogP contribution in [0.25, 0.3) is 0 Å². The van der Waals surface area contributed by atoms with Gasteiger partial charge in [0, 0.05) is 37.5 Å². The molecule has 2 fully saturated rings. The molecule has 0 N–H and O–H groups in total. The highest BCUT2D eigenvalue weighted by molar-refractivity contribution is 6.28. The van der Waals surface area contributed by atoms with E-state index >= 15 is 0 Å². The van der Waals surface area contributed by atoms with Gasteiger partial charge in [0.1, 0.15) is 12.0 Å². The molecule has 2 saturated heterocycles. The number of nitrogens with zero attached hydrogens (tertiary/aromatic N) is 5. The number of hydrogen-bond acceptors (Lipinski definition) is 5. The van der Waals surface area contributed by atoms with Crippen molar-refractivity contribution in [2.24, 2.45) is 0 Å². The Kier molecular flexibility index (Phi) is 4.41. The lowest BCUT2D eigenvalue weighted by atomic mass is 9.99. The summed E-state index contributed by atoms with van der Waals surface area (Å²) in [6, 6.07) is 1.92. The number of aromatic nitrogens is 4. The van der Waals surface area contributed by atoms with Crippen LogP contribution >= 0.6 is 11.6 Å². The molecule has 2 aliphatic rings. The molecule has 128 valence electrons. The van der Waals surface area contributed by atoms with Crippen LogP contribution in [-0.4, -0.2) is 39.4 Å². The van der Waals surface area contributed by atoms with E-state index in [4.69, 9.17) is 16.3 Å². The van der Waals surface area contributed by atoms with E-state index in [2.05, 4.69) is 31.6 Å². The van der Waals surface area contributed by atoms with Crippen LogP contribution in [0.1, 0.15) is 49.1 Å². The predicted octanol–water partition coefficient (Wildman–Crippen LogP) is 3.33. The van der Waals surface area contributed by atoms with Crippen LogP contribution in [0.2, 0.25) is 5.28 Å². The fourth-order valence-electron chi connectivity index (χ4n) is 3.77. The Morgan fingerprint density at radius 2 is 2.21 bits per heavy atom. The van der Waals surface area contributed by atoms with Crippen LogP contribution in [0, 0.1) is 6.92 Å². The van der Waals surface area contributed by atoms with E-state index in [9.17, 15) is 0 Å². The van der Waals surface area contributed by atoms with Crippen LogP contribution in [0.3, 0.4) is 0 Å². The molecular formula is C17H22ClN5O. The van der Waals surface area contributed by atoms with Crippen molar-refractivity contribution in [1.82, 2.24) is 19.7 Å². The van der Waals surface area contributed by atoms with E-state index in [1.807, 2.05) is 12.3 Å². The lowest BCUT2D eigenvalue weighted by Gasteiger charge is -2.24. The van der Waals surface area contributed by atoms with E-state index in [0.717, 1.165) is 44.8 Å². The van der Waals surface area contributed by atoms with Gasteiger partial charge < -0.3 is 9.64 Å². The first-order valence-electron chi connectivity index (χ1n) is 8.61. The van der Waals surface area contributed by atoms with Gasteiger partial charge in [0.05, 0.1) is 6.20 Å². The first-order valence-corrected chi connectivity index (χ1v) is 8.99. The zero-order valence-electron chi connectivity index (χ0n) is 13.9. The molecule has 7 heteroatoms. The van der Waals surface area contributed by atoms with Crippen LogP contribution in [0.5, 0.6) is 0 Å². The second kappa shape index (κ2) is 6.69. The van der Waals surface area contributed by atoms with Gasteiger partial charge in [0.15, 0.2) is 0 Å². The number of ether oxygens (including phenoxy) is 1. The number of anilines is 1. The molecule has 0 amide bonds. The molecule has 2 atom stereocenters. The third kappa shape index (κ3) is 3.00. The van der Waals surface area contributed by atoms with Gasteiger partial charge in [-0.1, -0.05) is 0 Å². The Morgan fingerprint density at radius 1 is 1.29 bits per heavy atom. The summed E-state index contributed by atoms with van der Waals surface area (Å²) in [5.41, 5.74) is 2.56. The van der Waals surface area contributed by atoms with Crippen LogP contribution < -0.4 is 4.90 Å². The fourth-order valence-corrected chi connectivity index (χ4v) is 3.91. The van der Waals surface area contributed by atoms with Crippen molar-refractivity contribution >= 4 is 17.4 Å². The maximum Gasteiger partial charge on any atom is 0.224 e. The Hall–Kier alpha value is -1.66. The second-order valence-corrected chi connectivity index (χ2v) is 6.90. The summed E-state index contributed by atoms with van der Waals surface area (Å²) in [6.45, 7) is 4.91. The minimum Gasteiger partial charge on any atom is -0.357 e. The van der Waals surface area contributed by atoms with Crippen LogP contribution in [0.4, 0.5) is 5.82 Å². The highest BCUT2D eigenvalue weighted by atomic mass is 35.5. The summed E-state index contributed by atoms with van der Waals surface area (Å²) in [5.74, 6) is 1.37. The maximum absolute atomic E-state index is 5.92. The van der Waals surface area contributed by atoms with Crippen LogP contribution in [0.15, 0.2) is 18.5 Å². The second-order valence-electron chi connectivity index (χ2n) is 6.57. The van der Waals surface area contributed by atoms with E-state index in [0.29, 0.717) is 11.2 Å². The zero-order valence-corrected chi connectivity index (χ0v) is 14.6. The average Bonchev–Trinajstić information content (AvgIpc) is 3.22. The van der Waals surface area contributed by atoms with Gasteiger partial charge in [-0.2, -0.15) is 5.10 Å². The normalized spacial score (nSPS) is 24.5. The van der Waals surface area contributed by atoms with Crippen molar-refractivity contribution in [3.8, 4) is 0 Å². The molecule has 24 heavy (non-hydrogen) atoms. The standard InChI is InChI=1S/C17H22ClN5O/c1-12-14(10-20-23(12)16-4-2-3-9-24-16)13-6-8-22(11-13)15-5-7-19-17(18)21-15/h5,7,10,13,16H,2-4,6,8-9,11H2,1H3.